The quantitative estimate of drug-likeness (QED) is 0.546. The van der Waals surface area contributed by atoms with E-state index < -0.39 is 5.54 Å². The molecule has 2 rings (SSSR count). The van der Waals surface area contributed by atoms with Gasteiger partial charge >= 0.3 is 0 Å². The van der Waals surface area contributed by atoms with Crippen molar-refractivity contribution in [3.8, 4) is 0 Å². The summed E-state index contributed by atoms with van der Waals surface area (Å²) in [6.07, 6.45) is 8.46. The summed E-state index contributed by atoms with van der Waals surface area (Å²) in [6.45, 7) is 1.96. The summed E-state index contributed by atoms with van der Waals surface area (Å²) < 4.78 is 0. The molecule has 0 radical (unpaired) electrons. The van der Waals surface area contributed by atoms with Gasteiger partial charge in [-0.25, -0.2) is 4.79 Å². The highest BCUT2D eigenvalue weighted by atomic mass is 16.1. The van der Waals surface area contributed by atoms with Crippen LogP contribution in [0.25, 0.3) is 5.57 Å². The Kier molecular flexibility index (Phi) is 2.84. The van der Waals surface area contributed by atoms with E-state index in [0.29, 0.717) is 0 Å². The van der Waals surface area contributed by atoms with Gasteiger partial charge in [-0.15, -0.1) is 0 Å². The normalized spacial score (nSPS) is 23.4. The molecule has 1 atom stereocenters. The Morgan fingerprint density at radius 3 is 2.75 bits per heavy atom. The van der Waals surface area contributed by atoms with Crippen molar-refractivity contribution in [1.82, 2.24) is 0 Å². The average molecular weight is 211 g/mol. The smallest absolute Gasteiger partial charge is 0.211 e. The topological polar surface area (TPSA) is 29.4 Å². The zero-order valence-electron chi connectivity index (χ0n) is 9.18. The molecule has 0 N–H and O–H groups in total. The van der Waals surface area contributed by atoms with E-state index in [4.69, 9.17) is 0 Å². The number of hydrogen-bond acceptors (Lipinski definition) is 2. The van der Waals surface area contributed by atoms with Gasteiger partial charge in [0.15, 0.2) is 0 Å². The Morgan fingerprint density at radius 2 is 2.06 bits per heavy atom. The van der Waals surface area contributed by atoms with Gasteiger partial charge in [0, 0.05) is 0 Å². The van der Waals surface area contributed by atoms with Gasteiger partial charge in [-0.05, 0) is 24.5 Å². The zero-order chi connectivity index (χ0) is 11.4. The Hall–Kier alpha value is -1.92. The van der Waals surface area contributed by atoms with E-state index in [1.807, 2.05) is 55.5 Å². The summed E-state index contributed by atoms with van der Waals surface area (Å²) in [5, 5.41) is 0. The van der Waals surface area contributed by atoms with Crippen LogP contribution in [-0.2, 0) is 4.79 Å². The molecule has 1 aromatic carbocycles. The minimum atomic E-state index is -0.474. The van der Waals surface area contributed by atoms with Gasteiger partial charge in [0.25, 0.3) is 0 Å². The van der Waals surface area contributed by atoms with Crippen LogP contribution in [0.1, 0.15) is 18.9 Å². The molecule has 1 unspecified atom stereocenters. The van der Waals surface area contributed by atoms with Crippen molar-refractivity contribution in [3.63, 3.8) is 0 Å². The van der Waals surface area contributed by atoms with Crippen LogP contribution in [0.4, 0.5) is 0 Å². The van der Waals surface area contributed by atoms with E-state index in [2.05, 4.69) is 4.99 Å². The largest absolute Gasteiger partial charge is 0.235 e. The van der Waals surface area contributed by atoms with Gasteiger partial charge in [-0.1, -0.05) is 48.6 Å². The van der Waals surface area contributed by atoms with Crippen LogP contribution < -0.4 is 0 Å². The second-order valence-corrected chi connectivity index (χ2v) is 4.06. The SMILES string of the molecule is CC1(N=C=O)CC=CC=C1c1ccccc1. The molecule has 0 saturated heterocycles. The van der Waals surface area contributed by atoms with Crippen LogP contribution in [0, 0.1) is 0 Å². The molecule has 16 heavy (non-hydrogen) atoms. The van der Waals surface area contributed by atoms with Crippen molar-refractivity contribution in [1.29, 1.82) is 0 Å². The second-order valence-electron chi connectivity index (χ2n) is 4.06. The van der Waals surface area contributed by atoms with Crippen LogP contribution in [0.3, 0.4) is 0 Å². The summed E-state index contributed by atoms with van der Waals surface area (Å²) in [7, 11) is 0. The molecular weight excluding hydrogens is 198 g/mol. The Balaban J connectivity index is 2.49. The maximum atomic E-state index is 10.5. The van der Waals surface area contributed by atoms with Gasteiger partial charge in [0.05, 0.1) is 5.54 Å². The summed E-state index contributed by atoms with van der Waals surface area (Å²) >= 11 is 0. The predicted molar refractivity (Wildman–Crippen MR) is 64.7 cm³/mol. The molecule has 80 valence electrons. The monoisotopic (exact) mass is 211 g/mol. The highest BCUT2D eigenvalue weighted by Gasteiger charge is 2.29. The van der Waals surface area contributed by atoms with Crippen molar-refractivity contribution in [2.75, 3.05) is 0 Å². The van der Waals surface area contributed by atoms with E-state index in [9.17, 15) is 4.79 Å². The molecule has 2 nitrogen and oxygen atoms in total. The van der Waals surface area contributed by atoms with Crippen molar-refractivity contribution in [3.05, 3.63) is 54.1 Å². The highest BCUT2D eigenvalue weighted by Crippen LogP contribution is 2.35. The first kappa shape index (κ1) is 10.6. The summed E-state index contributed by atoms with van der Waals surface area (Å²) in [5.41, 5.74) is 1.70. The molecule has 1 aromatic rings. The van der Waals surface area contributed by atoms with E-state index >= 15 is 0 Å². The average Bonchev–Trinajstić information content (AvgIpc) is 2.31. The zero-order valence-corrected chi connectivity index (χ0v) is 9.18. The van der Waals surface area contributed by atoms with E-state index in [-0.39, 0.29) is 0 Å². The first-order valence-electron chi connectivity index (χ1n) is 5.28. The van der Waals surface area contributed by atoms with Crippen molar-refractivity contribution < 1.29 is 4.79 Å². The number of benzene rings is 1. The predicted octanol–water partition coefficient (Wildman–Crippen LogP) is 3.12. The molecule has 1 aliphatic rings. The van der Waals surface area contributed by atoms with Crippen molar-refractivity contribution in [2.24, 2.45) is 4.99 Å². The third kappa shape index (κ3) is 1.88. The van der Waals surface area contributed by atoms with Crippen LogP contribution in [0.5, 0.6) is 0 Å². The minimum absolute atomic E-state index is 0.474. The molecule has 0 saturated carbocycles. The third-order valence-electron chi connectivity index (χ3n) is 2.87. The van der Waals surface area contributed by atoms with E-state index in [1.165, 1.54) is 0 Å². The maximum absolute atomic E-state index is 10.5. The molecule has 0 aromatic heterocycles. The molecule has 1 aliphatic carbocycles. The van der Waals surface area contributed by atoms with Crippen LogP contribution in [0.15, 0.2) is 53.6 Å². The summed E-state index contributed by atoms with van der Waals surface area (Å²) in [5.74, 6) is 0. The Morgan fingerprint density at radius 1 is 1.31 bits per heavy atom. The van der Waals surface area contributed by atoms with Gasteiger partial charge in [0.2, 0.25) is 6.08 Å². The van der Waals surface area contributed by atoms with Gasteiger partial charge in [0.1, 0.15) is 0 Å². The molecule has 0 bridgehead atoms. The fraction of sp³-hybridized carbons (Fsp3) is 0.214. The molecule has 0 amide bonds. The van der Waals surface area contributed by atoms with Gasteiger partial charge in [-0.3, -0.25) is 0 Å². The lowest BCUT2D eigenvalue weighted by molar-refractivity contribution is 0.544. The van der Waals surface area contributed by atoms with Crippen molar-refractivity contribution >= 4 is 11.7 Å². The number of hydrogen-bond donors (Lipinski definition) is 0. The van der Waals surface area contributed by atoms with Crippen LogP contribution in [-0.4, -0.2) is 11.6 Å². The first-order valence-corrected chi connectivity index (χ1v) is 5.28. The number of isocyanates is 1. The van der Waals surface area contributed by atoms with E-state index in [0.717, 1.165) is 17.6 Å². The van der Waals surface area contributed by atoms with Gasteiger partial charge in [-0.2, -0.15) is 4.99 Å². The van der Waals surface area contributed by atoms with Crippen LogP contribution >= 0.6 is 0 Å². The van der Waals surface area contributed by atoms with Gasteiger partial charge < -0.3 is 0 Å². The first-order chi connectivity index (χ1) is 7.76. The summed E-state index contributed by atoms with van der Waals surface area (Å²) in [6, 6.07) is 10.0. The lowest BCUT2D eigenvalue weighted by atomic mass is 9.81. The number of carbonyl (C=O) groups excluding carboxylic acids is 1. The standard InChI is InChI=1S/C14H13NO/c1-14(15-11-16)10-6-5-9-13(14)12-7-3-2-4-8-12/h2-9H,10H2,1H3. The lowest BCUT2D eigenvalue weighted by Gasteiger charge is -2.28. The minimum Gasteiger partial charge on any atom is -0.211 e. The highest BCUT2D eigenvalue weighted by molar-refractivity contribution is 5.76. The maximum Gasteiger partial charge on any atom is 0.235 e. The number of aliphatic imine (C=N–C) groups is 1. The van der Waals surface area contributed by atoms with Crippen molar-refractivity contribution in [2.45, 2.75) is 18.9 Å². The number of nitrogens with zero attached hydrogens (tertiary/aromatic N) is 1. The Bertz CT molecular complexity index is 481. The molecule has 0 fully saturated rings. The molecule has 0 spiro atoms. The molecule has 0 heterocycles. The van der Waals surface area contributed by atoms with Crippen LogP contribution in [0.2, 0.25) is 0 Å². The molecular formula is C14H13NO. The number of allylic oxidation sites excluding steroid dienone is 2. The molecule has 2 heteroatoms. The fourth-order valence-corrected chi connectivity index (χ4v) is 1.98. The number of rotatable bonds is 2. The lowest BCUT2D eigenvalue weighted by Crippen LogP contribution is -2.24. The Labute approximate surface area is 95.0 Å². The fourth-order valence-electron chi connectivity index (χ4n) is 1.98. The van der Waals surface area contributed by atoms with E-state index in [1.54, 1.807) is 6.08 Å². The second kappa shape index (κ2) is 4.30. The third-order valence-corrected chi connectivity index (χ3v) is 2.87. The summed E-state index contributed by atoms with van der Waals surface area (Å²) in [4.78, 5) is 14.5. The molecule has 0 aliphatic heterocycles.